The van der Waals surface area contributed by atoms with Crippen LogP contribution >= 0.6 is 0 Å². The fraction of sp³-hybridized carbons (Fsp3) is 0.400. The fourth-order valence-corrected chi connectivity index (χ4v) is 7.18. The summed E-state index contributed by atoms with van der Waals surface area (Å²) in [4.78, 5) is 18.8. The molecule has 0 spiro atoms. The van der Waals surface area contributed by atoms with Crippen molar-refractivity contribution in [1.29, 1.82) is 0 Å². The van der Waals surface area contributed by atoms with Gasteiger partial charge in [0.2, 0.25) is 5.82 Å². The summed E-state index contributed by atoms with van der Waals surface area (Å²) in [6.07, 6.45) is 11.4. The molecule has 0 amide bonds. The Morgan fingerprint density at radius 2 is 2.11 bits per heavy atom. The number of hydrogen-bond donors (Lipinski definition) is 2. The number of terminal acetylenes is 1. The Labute approximate surface area is 256 Å². The molecule has 44 heavy (non-hydrogen) atoms. The van der Waals surface area contributed by atoms with Gasteiger partial charge in [0.1, 0.15) is 22.8 Å². The first-order valence-corrected chi connectivity index (χ1v) is 15.3. The summed E-state index contributed by atoms with van der Waals surface area (Å²) in [5, 5.41) is 16.0. The third-order valence-corrected chi connectivity index (χ3v) is 9.44. The van der Waals surface area contributed by atoms with Gasteiger partial charge in [0, 0.05) is 68.5 Å². The Balaban J connectivity index is 1.42. The summed E-state index contributed by atoms with van der Waals surface area (Å²) >= 11 is 0. The molecule has 224 valence electrons. The normalized spacial score (nSPS) is 23.5. The number of phenolic OH excluding ortho intramolecular Hbond substituents is 1. The van der Waals surface area contributed by atoms with Crippen molar-refractivity contribution in [1.82, 2.24) is 25.2 Å². The summed E-state index contributed by atoms with van der Waals surface area (Å²) in [6, 6.07) is 8.86. The van der Waals surface area contributed by atoms with E-state index in [0.717, 1.165) is 58.4 Å². The Bertz CT molecular complexity index is 1880. The summed E-state index contributed by atoms with van der Waals surface area (Å²) in [7, 11) is 1.75. The molecule has 3 saturated heterocycles. The number of fused-ring (bicyclic) bond motifs is 3. The van der Waals surface area contributed by atoms with Gasteiger partial charge < -0.3 is 20.1 Å². The highest BCUT2D eigenvalue weighted by atomic mass is 19.1. The van der Waals surface area contributed by atoms with E-state index in [2.05, 4.69) is 44.8 Å². The fourth-order valence-electron chi connectivity index (χ4n) is 7.18. The third kappa shape index (κ3) is 4.82. The summed E-state index contributed by atoms with van der Waals surface area (Å²) < 4.78 is 22.5. The van der Waals surface area contributed by atoms with Crippen LogP contribution in [0.15, 0.2) is 36.5 Å². The molecule has 2 aromatic carbocycles. The lowest BCUT2D eigenvalue weighted by molar-refractivity contribution is 0.108. The second kappa shape index (κ2) is 11.3. The molecule has 5 heterocycles. The zero-order chi connectivity index (χ0) is 30.4. The maximum atomic E-state index is 16.8. The van der Waals surface area contributed by atoms with E-state index in [1.165, 1.54) is 6.07 Å². The van der Waals surface area contributed by atoms with Crippen molar-refractivity contribution in [3.63, 3.8) is 0 Å². The lowest BCUT2D eigenvalue weighted by atomic mass is 9.94. The van der Waals surface area contributed by atoms with Gasteiger partial charge in [-0.15, -0.1) is 6.42 Å². The number of phenols is 1. The zero-order valence-corrected chi connectivity index (χ0v) is 25.0. The quantitative estimate of drug-likeness (QED) is 0.337. The van der Waals surface area contributed by atoms with Crippen molar-refractivity contribution < 1.29 is 14.2 Å². The number of ether oxygens (including phenoxy) is 1. The SMILES string of the molecule is C#Cc1cccc2cc(O)cc(-c3ncc4c(N5CCN[C@@H](CC)C5)nc(C#C[C@@]56CCCN5C[C@H](OC)C6)nc4c3F)c12. The Kier molecular flexibility index (Phi) is 7.34. The number of nitrogens with zero attached hydrogens (tertiary/aromatic N) is 5. The number of hydrogen-bond acceptors (Lipinski definition) is 8. The van der Waals surface area contributed by atoms with Gasteiger partial charge in [-0.05, 0) is 55.3 Å². The van der Waals surface area contributed by atoms with Gasteiger partial charge in [-0.3, -0.25) is 9.88 Å². The lowest BCUT2D eigenvalue weighted by Gasteiger charge is -2.34. The number of benzene rings is 2. The minimum Gasteiger partial charge on any atom is -0.508 e. The number of anilines is 1. The average molecular weight is 591 g/mol. The van der Waals surface area contributed by atoms with Gasteiger partial charge in [0.25, 0.3) is 0 Å². The zero-order valence-electron chi connectivity index (χ0n) is 25.0. The van der Waals surface area contributed by atoms with E-state index < -0.39 is 5.82 Å². The predicted octanol–water partition coefficient (Wildman–Crippen LogP) is 4.46. The van der Waals surface area contributed by atoms with Crippen LogP contribution in [0.1, 0.15) is 44.0 Å². The van der Waals surface area contributed by atoms with Crippen LogP contribution in [0.5, 0.6) is 5.75 Å². The second-order valence-corrected chi connectivity index (χ2v) is 12.0. The molecule has 4 aromatic rings. The molecule has 2 aromatic heterocycles. The van der Waals surface area contributed by atoms with Gasteiger partial charge >= 0.3 is 0 Å². The number of piperazine rings is 1. The predicted molar refractivity (Wildman–Crippen MR) is 170 cm³/mol. The maximum Gasteiger partial charge on any atom is 0.207 e. The lowest BCUT2D eigenvalue weighted by Crippen LogP contribution is -2.50. The van der Waals surface area contributed by atoms with Gasteiger partial charge in [-0.1, -0.05) is 30.9 Å². The summed E-state index contributed by atoms with van der Waals surface area (Å²) in [5.74, 6) is 9.78. The van der Waals surface area contributed by atoms with Crippen LogP contribution in [0, 0.1) is 30.0 Å². The van der Waals surface area contributed by atoms with E-state index in [1.54, 1.807) is 25.4 Å². The van der Waals surface area contributed by atoms with E-state index in [4.69, 9.17) is 21.1 Å². The van der Waals surface area contributed by atoms with Crippen LogP contribution in [-0.4, -0.2) is 82.5 Å². The molecule has 0 aliphatic carbocycles. The van der Waals surface area contributed by atoms with Crippen molar-refractivity contribution in [2.45, 2.75) is 50.3 Å². The Morgan fingerprint density at radius 3 is 2.93 bits per heavy atom. The Hall–Kier alpha value is -4.28. The van der Waals surface area contributed by atoms with Crippen LogP contribution in [0.2, 0.25) is 0 Å². The molecule has 3 aliphatic rings. The molecule has 9 heteroatoms. The maximum absolute atomic E-state index is 16.8. The monoisotopic (exact) mass is 590 g/mol. The van der Waals surface area contributed by atoms with Crippen LogP contribution in [0.25, 0.3) is 32.9 Å². The van der Waals surface area contributed by atoms with E-state index in [0.29, 0.717) is 33.1 Å². The number of methoxy groups -OCH3 is 1. The van der Waals surface area contributed by atoms with Crippen molar-refractivity contribution in [3.05, 3.63) is 53.7 Å². The van der Waals surface area contributed by atoms with E-state index in [-0.39, 0.29) is 40.5 Å². The minimum atomic E-state index is -0.601. The Morgan fingerprint density at radius 1 is 1.23 bits per heavy atom. The molecule has 0 radical (unpaired) electrons. The first-order chi connectivity index (χ1) is 21.4. The molecule has 3 fully saturated rings. The molecule has 3 aliphatic heterocycles. The highest BCUT2D eigenvalue weighted by Crippen LogP contribution is 2.40. The molecule has 0 bridgehead atoms. The first-order valence-electron chi connectivity index (χ1n) is 15.3. The molecule has 8 nitrogen and oxygen atoms in total. The second-order valence-electron chi connectivity index (χ2n) is 12.0. The summed E-state index contributed by atoms with van der Waals surface area (Å²) in [5.41, 5.74) is 0.927. The van der Waals surface area contributed by atoms with Crippen molar-refractivity contribution in [3.8, 4) is 41.2 Å². The van der Waals surface area contributed by atoms with E-state index in [1.807, 2.05) is 12.1 Å². The van der Waals surface area contributed by atoms with Crippen molar-refractivity contribution in [2.75, 3.05) is 44.7 Å². The molecule has 7 rings (SSSR count). The molecule has 3 atom stereocenters. The third-order valence-electron chi connectivity index (χ3n) is 9.44. The molecule has 0 saturated carbocycles. The average Bonchev–Trinajstić information content (AvgIpc) is 3.60. The number of rotatable bonds is 4. The van der Waals surface area contributed by atoms with E-state index in [9.17, 15) is 5.11 Å². The van der Waals surface area contributed by atoms with E-state index >= 15 is 4.39 Å². The largest absolute Gasteiger partial charge is 0.508 e. The van der Waals surface area contributed by atoms with Gasteiger partial charge in [0.15, 0.2) is 5.82 Å². The standard InChI is InChI=1S/C35H35FN6O2/c1-4-22-8-6-9-23-16-25(43)17-27(30(22)23)32-31(36)33-28(19-38-32)34(41-15-13-37-24(5-2)20-41)40-29(39-33)10-12-35-11-7-14-42(35)21-26(18-35)44-3/h1,6,8-9,16-17,19,24,26,37,43H,5,7,11,13-15,18,20-21H2,2-3H3/t24-,26+,35+/m0/s1. The van der Waals surface area contributed by atoms with Crippen LogP contribution in [0.4, 0.5) is 10.2 Å². The van der Waals surface area contributed by atoms with Gasteiger partial charge in [0.05, 0.1) is 17.0 Å². The van der Waals surface area contributed by atoms with Crippen molar-refractivity contribution in [2.24, 2.45) is 0 Å². The smallest absolute Gasteiger partial charge is 0.207 e. The first kappa shape index (κ1) is 28.5. The topological polar surface area (TPSA) is 86.6 Å². The van der Waals surface area contributed by atoms with Crippen LogP contribution in [0.3, 0.4) is 0 Å². The molecule has 2 N–H and O–H groups in total. The number of aromatic hydroxyl groups is 1. The molecular weight excluding hydrogens is 555 g/mol. The molecular formula is C35H35FN6O2. The highest BCUT2D eigenvalue weighted by Gasteiger charge is 2.47. The van der Waals surface area contributed by atoms with Gasteiger partial charge in [-0.25, -0.2) is 14.4 Å². The van der Waals surface area contributed by atoms with Gasteiger partial charge in [-0.2, -0.15) is 0 Å². The van der Waals surface area contributed by atoms with Crippen LogP contribution < -0.4 is 10.2 Å². The summed E-state index contributed by atoms with van der Waals surface area (Å²) in [6.45, 7) is 6.23. The number of pyridine rings is 1. The van der Waals surface area contributed by atoms with Crippen LogP contribution in [-0.2, 0) is 4.74 Å². The highest BCUT2D eigenvalue weighted by molar-refractivity contribution is 6.02. The minimum absolute atomic E-state index is 0.00405. The number of nitrogens with one attached hydrogen (secondary N) is 1. The van der Waals surface area contributed by atoms with Crippen molar-refractivity contribution >= 4 is 27.5 Å². The number of aromatic nitrogens is 3. The number of halogens is 1. The molecule has 0 unspecified atom stereocenters.